The van der Waals surface area contributed by atoms with Crippen molar-refractivity contribution in [2.24, 2.45) is 0 Å². The number of fused-ring (bicyclic) bond motifs is 1. The van der Waals surface area contributed by atoms with Gasteiger partial charge in [0.2, 0.25) is 0 Å². The van der Waals surface area contributed by atoms with Gasteiger partial charge in [-0.2, -0.15) is 13.2 Å². The maximum atomic E-state index is 14.5. The summed E-state index contributed by atoms with van der Waals surface area (Å²) in [5.74, 6) is -3.58. The van der Waals surface area contributed by atoms with Crippen molar-refractivity contribution in [1.29, 1.82) is 0 Å². The highest BCUT2D eigenvalue weighted by Crippen LogP contribution is 2.45. The van der Waals surface area contributed by atoms with Crippen LogP contribution < -0.4 is 21.9 Å². The first-order chi connectivity index (χ1) is 15.5. The normalized spacial score (nSPS) is 17.4. The summed E-state index contributed by atoms with van der Waals surface area (Å²) in [4.78, 5) is 52.7. The van der Waals surface area contributed by atoms with Gasteiger partial charge in [-0.15, -0.1) is 0 Å². The van der Waals surface area contributed by atoms with Crippen LogP contribution in [0.5, 0.6) is 0 Å². The molecule has 1 aliphatic rings. The van der Waals surface area contributed by atoms with Gasteiger partial charge in [-0.1, -0.05) is 35.9 Å². The molecular formula is C22H17F3N4O4. The zero-order chi connectivity index (χ0) is 24.1. The van der Waals surface area contributed by atoms with Crippen LogP contribution in [-0.4, -0.2) is 27.5 Å². The number of amides is 2. The Bertz CT molecular complexity index is 1410. The lowest BCUT2D eigenvalue weighted by atomic mass is 9.91. The summed E-state index contributed by atoms with van der Waals surface area (Å²) in [7, 11) is 0. The van der Waals surface area contributed by atoms with Crippen LogP contribution in [0.1, 0.15) is 27.0 Å². The smallest absolute Gasteiger partial charge is 0.326 e. The molecule has 3 N–H and O–H groups in total. The van der Waals surface area contributed by atoms with Crippen molar-refractivity contribution in [3.63, 3.8) is 0 Å². The number of halogens is 3. The number of carbonyl (C=O) groups is 2. The number of alkyl halides is 3. The van der Waals surface area contributed by atoms with Crippen molar-refractivity contribution in [3.8, 4) is 5.69 Å². The number of aromatic nitrogens is 2. The zero-order valence-electron chi connectivity index (χ0n) is 17.3. The Morgan fingerprint density at radius 2 is 1.64 bits per heavy atom. The Labute approximate surface area is 184 Å². The lowest BCUT2D eigenvalue weighted by Crippen LogP contribution is -2.62. The second-order valence-corrected chi connectivity index (χ2v) is 7.62. The Morgan fingerprint density at radius 1 is 1.00 bits per heavy atom. The van der Waals surface area contributed by atoms with E-state index in [9.17, 15) is 32.3 Å². The van der Waals surface area contributed by atoms with E-state index in [0.29, 0.717) is 5.56 Å². The van der Waals surface area contributed by atoms with Crippen molar-refractivity contribution in [2.75, 3.05) is 5.32 Å². The number of aromatic amines is 1. The summed E-state index contributed by atoms with van der Waals surface area (Å²) in [6.45, 7) is 3.28. The van der Waals surface area contributed by atoms with Crippen LogP contribution in [0, 0.1) is 13.8 Å². The predicted octanol–water partition coefficient (Wildman–Crippen LogP) is 2.28. The van der Waals surface area contributed by atoms with Crippen LogP contribution in [0.15, 0.2) is 58.1 Å². The Morgan fingerprint density at radius 3 is 2.24 bits per heavy atom. The van der Waals surface area contributed by atoms with Crippen LogP contribution >= 0.6 is 0 Å². The molecule has 0 saturated heterocycles. The highest BCUT2D eigenvalue weighted by atomic mass is 19.4. The standard InChI is InChI=1S/C22H17F3N4O4/c1-11-7-9-13(10-8-11)29-16-15(18(31)27-20(29)33)21(19(32)26-16,22(23,24)25)28-17(30)14-6-4-3-5-12(14)2/h3-10H,1-2H3,(H,26,32)(H,28,30)(H,27,31,33). The van der Waals surface area contributed by atoms with Gasteiger partial charge in [-0.05, 0) is 37.6 Å². The molecule has 3 aromatic rings. The fourth-order valence-corrected chi connectivity index (χ4v) is 3.78. The Hall–Kier alpha value is -4.15. The van der Waals surface area contributed by atoms with E-state index >= 15 is 0 Å². The minimum atomic E-state index is -5.41. The van der Waals surface area contributed by atoms with Gasteiger partial charge in [-0.25, -0.2) is 9.36 Å². The maximum Gasteiger partial charge on any atom is 0.425 e. The summed E-state index contributed by atoms with van der Waals surface area (Å²) >= 11 is 0. The van der Waals surface area contributed by atoms with Crippen molar-refractivity contribution in [3.05, 3.63) is 91.6 Å². The fraction of sp³-hybridized carbons (Fsp3) is 0.182. The van der Waals surface area contributed by atoms with Gasteiger partial charge in [0.1, 0.15) is 11.4 Å². The van der Waals surface area contributed by atoms with Crippen molar-refractivity contribution in [1.82, 2.24) is 14.9 Å². The van der Waals surface area contributed by atoms with Crippen molar-refractivity contribution >= 4 is 17.6 Å². The number of H-pyrrole nitrogens is 1. The topological polar surface area (TPSA) is 113 Å². The molecule has 170 valence electrons. The van der Waals surface area contributed by atoms with Gasteiger partial charge in [0.25, 0.3) is 22.9 Å². The van der Waals surface area contributed by atoms with Crippen molar-refractivity contribution in [2.45, 2.75) is 25.6 Å². The number of carbonyl (C=O) groups excluding carboxylic acids is 2. The first kappa shape index (κ1) is 22.1. The molecule has 0 saturated carbocycles. The Balaban J connectivity index is 1.98. The molecule has 8 nitrogen and oxygen atoms in total. The molecule has 0 aliphatic carbocycles. The Kier molecular flexibility index (Phi) is 4.99. The number of rotatable bonds is 3. The second-order valence-electron chi connectivity index (χ2n) is 7.62. The van der Waals surface area contributed by atoms with E-state index in [1.165, 1.54) is 37.3 Å². The highest BCUT2D eigenvalue weighted by Gasteiger charge is 2.68. The van der Waals surface area contributed by atoms with Gasteiger partial charge >= 0.3 is 11.9 Å². The summed E-state index contributed by atoms with van der Waals surface area (Å²) < 4.78 is 44.2. The van der Waals surface area contributed by atoms with E-state index in [4.69, 9.17) is 0 Å². The van der Waals surface area contributed by atoms with E-state index in [1.54, 1.807) is 30.4 Å². The molecule has 33 heavy (non-hydrogen) atoms. The molecule has 11 heteroatoms. The SMILES string of the molecule is Cc1ccc(-n2c3c(c(=O)[nH]c2=O)C(NC(=O)c2ccccc2C)(C(F)(F)F)C(=O)N3)cc1. The fourth-order valence-electron chi connectivity index (χ4n) is 3.78. The molecule has 0 fully saturated rings. The van der Waals surface area contributed by atoms with Crippen LogP contribution in [-0.2, 0) is 10.3 Å². The lowest BCUT2D eigenvalue weighted by Gasteiger charge is -2.30. The predicted molar refractivity (Wildman–Crippen MR) is 112 cm³/mol. The van der Waals surface area contributed by atoms with Gasteiger partial charge in [0.15, 0.2) is 0 Å². The third kappa shape index (κ3) is 3.32. The van der Waals surface area contributed by atoms with Crippen LogP contribution in [0.25, 0.3) is 5.69 Å². The summed E-state index contributed by atoms with van der Waals surface area (Å²) in [6.07, 6.45) is -5.41. The molecule has 0 bridgehead atoms. The molecule has 1 aromatic heterocycles. The third-order valence-corrected chi connectivity index (χ3v) is 5.47. The number of nitrogens with one attached hydrogen (secondary N) is 3. The third-order valence-electron chi connectivity index (χ3n) is 5.47. The lowest BCUT2D eigenvalue weighted by molar-refractivity contribution is -0.196. The number of benzene rings is 2. The van der Waals surface area contributed by atoms with Gasteiger partial charge < -0.3 is 10.6 Å². The van der Waals surface area contributed by atoms with Crippen LogP contribution in [0.3, 0.4) is 0 Å². The van der Waals surface area contributed by atoms with Gasteiger partial charge in [-0.3, -0.25) is 19.4 Å². The van der Waals surface area contributed by atoms with Crippen molar-refractivity contribution < 1.29 is 22.8 Å². The second kappa shape index (κ2) is 7.47. The van der Waals surface area contributed by atoms with E-state index in [0.717, 1.165) is 10.1 Å². The molecule has 2 heterocycles. The summed E-state index contributed by atoms with van der Waals surface area (Å²) in [6, 6.07) is 11.9. The van der Waals surface area contributed by atoms with E-state index < -0.39 is 46.2 Å². The first-order valence-corrected chi connectivity index (χ1v) is 9.70. The molecule has 0 radical (unpaired) electrons. The number of anilines is 1. The van der Waals surface area contributed by atoms with Crippen LogP contribution in [0.2, 0.25) is 0 Å². The molecule has 1 aliphatic heterocycles. The molecule has 1 atom stereocenters. The monoisotopic (exact) mass is 458 g/mol. The zero-order valence-corrected chi connectivity index (χ0v) is 17.3. The average molecular weight is 458 g/mol. The number of hydrogen-bond acceptors (Lipinski definition) is 4. The molecule has 4 rings (SSSR count). The largest absolute Gasteiger partial charge is 0.425 e. The molecule has 1 unspecified atom stereocenters. The number of aryl methyl sites for hydroxylation is 2. The molecule has 2 aromatic carbocycles. The quantitative estimate of drug-likeness (QED) is 0.559. The number of hydrogen-bond donors (Lipinski definition) is 3. The van der Waals surface area contributed by atoms with E-state index in [2.05, 4.69) is 0 Å². The summed E-state index contributed by atoms with van der Waals surface area (Å²) in [5.41, 5.74) is -6.15. The number of nitrogens with zero attached hydrogens (tertiary/aromatic N) is 1. The molecule has 0 spiro atoms. The maximum absolute atomic E-state index is 14.5. The van der Waals surface area contributed by atoms with Gasteiger partial charge in [0.05, 0.1) is 5.69 Å². The first-order valence-electron chi connectivity index (χ1n) is 9.70. The van der Waals surface area contributed by atoms with Gasteiger partial charge in [0, 0.05) is 5.56 Å². The average Bonchev–Trinajstić information content (AvgIpc) is 3.02. The van der Waals surface area contributed by atoms with Crippen LogP contribution in [0.4, 0.5) is 19.0 Å². The van der Waals surface area contributed by atoms with E-state index in [-0.39, 0.29) is 11.3 Å². The molecule has 2 amide bonds. The minimum absolute atomic E-state index is 0.106. The highest BCUT2D eigenvalue weighted by molar-refractivity contribution is 6.09. The summed E-state index contributed by atoms with van der Waals surface area (Å²) in [5, 5.41) is 3.73. The molecular weight excluding hydrogens is 441 g/mol. The van der Waals surface area contributed by atoms with E-state index in [1.807, 2.05) is 10.3 Å². The minimum Gasteiger partial charge on any atom is -0.326 e.